The number of benzene rings is 2. The summed E-state index contributed by atoms with van der Waals surface area (Å²) in [7, 11) is 2.85. The second-order valence-electron chi connectivity index (χ2n) is 4.43. The zero-order valence-corrected chi connectivity index (χ0v) is 12.5. The van der Waals surface area contributed by atoms with Crippen molar-refractivity contribution in [1.82, 2.24) is 0 Å². The first-order valence-electron chi connectivity index (χ1n) is 6.70. The standard InChI is InChI=1S/C17H17NO4/c1-20-17(19)14-9-7-13(8-10-14)12-22-16-6-4-3-5-15(16)11-18-21-2/h3-11H,12H2,1-2H3. The van der Waals surface area contributed by atoms with Crippen LogP contribution in [-0.4, -0.2) is 26.4 Å². The lowest BCUT2D eigenvalue weighted by atomic mass is 10.1. The van der Waals surface area contributed by atoms with Crippen LogP contribution in [0.1, 0.15) is 21.5 Å². The minimum Gasteiger partial charge on any atom is -0.488 e. The average Bonchev–Trinajstić information content (AvgIpc) is 2.58. The third-order valence-corrected chi connectivity index (χ3v) is 2.99. The quantitative estimate of drug-likeness (QED) is 0.467. The van der Waals surface area contributed by atoms with Crippen molar-refractivity contribution < 1.29 is 19.1 Å². The van der Waals surface area contributed by atoms with Gasteiger partial charge < -0.3 is 14.3 Å². The van der Waals surface area contributed by atoms with Gasteiger partial charge in [-0.1, -0.05) is 29.4 Å². The van der Waals surface area contributed by atoms with E-state index in [1.165, 1.54) is 14.2 Å². The summed E-state index contributed by atoms with van der Waals surface area (Å²) >= 11 is 0. The predicted molar refractivity (Wildman–Crippen MR) is 83.2 cm³/mol. The van der Waals surface area contributed by atoms with Gasteiger partial charge in [-0.2, -0.15) is 0 Å². The molecule has 0 heterocycles. The number of carbonyl (C=O) groups is 1. The van der Waals surface area contributed by atoms with Gasteiger partial charge in [-0.3, -0.25) is 0 Å². The van der Waals surface area contributed by atoms with E-state index in [4.69, 9.17) is 4.74 Å². The van der Waals surface area contributed by atoms with Crippen molar-refractivity contribution in [3.63, 3.8) is 0 Å². The number of esters is 1. The van der Waals surface area contributed by atoms with Crippen LogP contribution in [0, 0.1) is 0 Å². The molecule has 22 heavy (non-hydrogen) atoms. The fraction of sp³-hybridized carbons (Fsp3) is 0.176. The molecule has 0 unspecified atom stereocenters. The van der Waals surface area contributed by atoms with E-state index < -0.39 is 0 Å². The number of nitrogens with zero attached hydrogens (tertiary/aromatic N) is 1. The van der Waals surface area contributed by atoms with Gasteiger partial charge in [-0.25, -0.2) is 4.79 Å². The fourth-order valence-corrected chi connectivity index (χ4v) is 1.84. The molecule has 0 radical (unpaired) electrons. The normalized spacial score (nSPS) is 10.5. The van der Waals surface area contributed by atoms with Crippen molar-refractivity contribution in [1.29, 1.82) is 0 Å². The minimum absolute atomic E-state index is 0.353. The van der Waals surface area contributed by atoms with Crippen molar-refractivity contribution >= 4 is 12.2 Å². The molecular weight excluding hydrogens is 282 g/mol. The van der Waals surface area contributed by atoms with Gasteiger partial charge in [0, 0.05) is 5.56 Å². The van der Waals surface area contributed by atoms with Crippen molar-refractivity contribution in [2.24, 2.45) is 5.16 Å². The molecule has 0 saturated carbocycles. The predicted octanol–water partition coefficient (Wildman–Crippen LogP) is 3.03. The van der Waals surface area contributed by atoms with Gasteiger partial charge in [0.25, 0.3) is 0 Å². The molecule has 0 spiro atoms. The number of ether oxygens (including phenoxy) is 2. The Morgan fingerprint density at radius 3 is 2.50 bits per heavy atom. The van der Waals surface area contributed by atoms with Gasteiger partial charge in [-0.05, 0) is 29.8 Å². The van der Waals surface area contributed by atoms with E-state index in [-0.39, 0.29) is 5.97 Å². The molecule has 2 aromatic carbocycles. The Morgan fingerprint density at radius 1 is 1.09 bits per heavy atom. The lowest BCUT2D eigenvalue weighted by Crippen LogP contribution is -2.02. The molecular formula is C17H17NO4. The highest BCUT2D eigenvalue weighted by Crippen LogP contribution is 2.18. The van der Waals surface area contributed by atoms with Crippen molar-refractivity contribution in [2.75, 3.05) is 14.2 Å². The van der Waals surface area contributed by atoms with Crippen molar-refractivity contribution in [2.45, 2.75) is 6.61 Å². The summed E-state index contributed by atoms with van der Waals surface area (Å²) in [4.78, 5) is 16.0. The maximum absolute atomic E-state index is 11.4. The fourth-order valence-electron chi connectivity index (χ4n) is 1.84. The second kappa shape index (κ2) is 7.83. The van der Waals surface area contributed by atoms with Crippen molar-refractivity contribution in [3.8, 4) is 5.75 Å². The molecule has 0 aliphatic rings. The van der Waals surface area contributed by atoms with E-state index in [1.54, 1.807) is 18.3 Å². The van der Waals surface area contributed by atoms with Gasteiger partial charge in [0.05, 0.1) is 18.9 Å². The van der Waals surface area contributed by atoms with E-state index in [9.17, 15) is 4.79 Å². The largest absolute Gasteiger partial charge is 0.488 e. The van der Waals surface area contributed by atoms with Gasteiger partial charge in [-0.15, -0.1) is 0 Å². The first-order chi connectivity index (χ1) is 10.7. The molecule has 0 saturated heterocycles. The molecule has 0 aliphatic heterocycles. The summed E-state index contributed by atoms with van der Waals surface area (Å²) in [5.74, 6) is 0.355. The number of hydrogen-bond acceptors (Lipinski definition) is 5. The number of rotatable bonds is 6. The topological polar surface area (TPSA) is 57.1 Å². The summed E-state index contributed by atoms with van der Waals surface area (Å²) < 4.78 is 10.4. The Hall–Kier alpha value is -2.82. The number of carbonyl (C=O) groups excluding carboxylic acids is 1. The van der Waals surface area contributed by atoms with Crippen LogP contribution in [0.15, 0.2) is 53.7 Å². The molecule has 0 aliphatic carbocycles. The molecule has 114 valence electrons. The Morgan fingerprint density at radius 2 is 1.82 bits per heavy atom. The number of oxime groups is 1. The Balaban J connectivity index is 2.04. The summed E-state index contributed by atoms with van der Waals surface area (Å²) in [6.07, 6.45) is 1.59. The molecule has 0 bridgehead atoms. The smallest absolute Gasteiger partial charge is 0.337 e. The average molecular weight is 299 g/mol. The van der Waals surface area contributed by atoms with Crippen molar-refractivity contribution in [3.05, 3.63) is 65.2 Å². The number of hydrogen-bond donors (Lipinski definition) is 0. The van der Waals surface area contributed by atoms with Crippen LogP contribution >= 0.6 is 0 Å². The van der Waals surface area contributed by atoms with Crippen LogP contribution < -0.4 is 4.74 Å². The van der Waals surface area contributed by atoms with Crippen LogP contribution in [-0.2, 0) is 16.2 Å². The van der Waals surface area contributed by atoms with Gasteiger partial charge in [0.15, 0.2) is 0 Å². The molecule has 0 fully saturated rings. The van der Waals surface area contributed by atoms with Gasteiger partial charge >= 0.3 is 5.97 Å². The first kappa shape index (κ1) is 15.6. The molecule has 0 amide bonds. The monoisotopic (exact) mass is 299 g/mol. The maximum Gasteiger partial charge on any atom is 0.337 e. The Labute approximate surface area is 129 Å². The van der Waals surface area contributed by atoms with E-state index in [0.29, 0.717) is 17.9 Å². The minimum atomic E-state index is -0.353. The molecule has 5 nitrogen and oxygen atoms in total. The highest BCUT2D eigenvalue weighted by Gasteiger charge is 2.05. The maximum atomic E-state index is 11.4. The lowest BCUT2D eigenvalue weighted by molar-refractivity contribution is 0.0600. The van der Waals surface area contributed by atoms with Crippen LogP contribution in [0.2, 0.25) is 0 Å². The zero-order chi connectivity index (χ0) is 15.8. The molecule has 2 aromatic rings. The highest BCUT2D eigenvalue weighted by atomic mass is 16.6. The summed E-state index contributed by atoms with van der Waals surface area (Å²) in [5.41, 5.74) is 2.29. The van der Waals surface area contributed by atoms with E-state index in [2.05, 4.69) is 14.7 Å². The molecule has 0 atom stereocenters. The van der Waals surface area contributed by atoms with Crippen LogP contribution in [0.4, 0.5) is 0 Å². The summed E-state index contributed by atoms with van der Waals surface area (Å²) in [6.45, 7) is 0.388. The Bertz CT molecular complexity index is 650. The van der Waals surface area contributed by atoms with E-state index >= 15 is 0 Å². The molecule has 0 N–H and O–H groups in total. The van der Waals surface area contributed by atoms with Crippen LogP contribution in [0.3, 0.4) is 0 Å². The second-order valence-corrected chi connectivity index (χ2v) is 4.43. The molecule has 0 aromatic heterocycles. The van der Waals surface area contributed by atoms with E-state index in [0.717, 1.165) is 11.1 Å². The van der Waals surface area contributed by atoms with Gasteiger partial charge in [0.2, 0.25) is 0 Å². The third-order valence-electron chi connectivity index (χ3n) is 2.99. The van der Waals surface area contributed by atoms with Crippen LogP contribution in [0.5, 0.6) is 5.75 Å². The SMILES string of the molecule is CON=Cc1ccccc1OCc1ccc(C(=O)OC)cc1. The number of para-hydroxylation sites is 1. The van der Waals surface area contributed by atoms with E-state index in [1.807, 2.05) is 36.4 Å². The Kier molecular flexibility index (Phi) is 5.54. The summed E-state index contributed by atoms with van der Waals surface area (Å²) in [5, 5.41) is 3.74. The van der Waals surface area contributed by atoms with Crippen LogP contribution in [0.25, 0.3) is 0 Å². The highest BCUT2D eigenvalue weighted by molar-refractivity contribution is 5.89. The lowest BCUT2D eigenvalue weighted by Gasteiger charge is -2.09. The summed E-state index contributed by atoms with van der Waals surface area (Å²) in [6, 6.07) is 14.6. The van der Waals surface area contributed by atoms with Gasteiger partial charge in [0.1, 0.15) is 19.5 Å². The third kappa shape index (κ3) is 4.09. The molecule has 2 rings (SSSR count). The first-order valence-corrected chi connectivity index (χ1v) is 6.70. The molecule has 5 heteroatoms. The zero-order valence-electron chi connectivity index (χ0n) is 12.5. The number of methoxy groups -OCH3 is 1.